The molecule has 1 N–H and O–H groups in total. The summed E-state index contributed by atoms with van der Waals surface area (Å²) < 4.78 is 0. The Morgan fingerprint density at radius 3 is 3.06 bits per heavy atom. The lowest BCUT2D eigenvalue weighted by Gasteiger charge is -2.34. The molecule has 18 heavy (non-hydrogen) atoms. The Bertz CT molecular complexity index is 473. The number of nitrogens with zero attached hydrogens (tertiary/aromatic N) is 2. The Hall–Kier alpha value is -1.91. The molecular formula is C13H17N3O2. The molecule has 0 aliphatic carbocycles. The van der Waals surface area contributed by atoms with Crippen molar-refractivity contribution in [3.63, 3.8) is 0 Å². The molecule has 1 fully saturated rings. The minimum Gasteiger partial charge on any atom is -0.353 e. The van der Waals surface area contributed by atoms with E-state index in [1.54, 1.807) is 23.2 Å². The zero-order valence-electron chi connectivity index (χ0n) is 10.6. The summed E-state index contributed by atoms with van der Waals surface area (Å²) >= 11 is 0. The van der Waals surface area contributed by atoms with Crippen molar-refractivity contribution in [1.82, 2.24) is 15.2 Å². The lowest BCUT2D eigenvalue weighted by molar-refractivity contribution is -0.127. The molecule has 1 atom stereocenters. The molecule has 2 rings (SSSR count). The maximum absolute atomic E-state index is 12.4. The van der Waals surface area contributed by atoms with E-state index in [4.69, 9.17) is 0 Å². The van der Waals surface area contributed by atoms with Crippen molar-refractivity contribution >= 4 is 11.8 Å². The summed E-state index contributed by atoms with van der Waals surface area (Å²) in [5.41, 5.74) is 1.39. The van der Waals surface area contributed by atoms with Gasteiger partial charge >= 0.3 is 0 Å². The summed E-state index contributed by atoms with van der Waals surface area (Å²) in [5, 5.41) is 2.79. The third-order valence-electron chi connectivity index (χ3n) is 3.12. The number of carbonyl (C=O) groups is 2. The van der Waals surface area contributed by atoms with E-state index in [0.29, 0.717) is 25.1 Å². The smallest absolute Gasteiger partial charge is 0.254 e. The predicted molar refractivity (Wildman–Crippen MR) is 67.1 cm³/mol. The Labute approximate surface area is 106 Å². The Morgan fingerprint density at radius 1 is 1.61 bits per heavy atom. The van der Waals surface area contributed by atoms with Gasteiger partial charge < -0.3 is 10.2 Å². The second kappa shape index (κ2) is 5.16. The number of nitrogens with one attached hydrogen (secondary N) is 1. The molecule has 96 valence electrons. The molecule has 0 aromatic carbocycles. The first-order valence-corrected chi connectivity index (χ1v) is 6.15. The molecule has 1 aliphatic heterocycles. The fourth-order valence-electron chi connectivity index (χ4n) is 2.21. The lowest BCUT2D eigenvalue weighted by Crippen LogP contribution is -2.56. The molecule has 0 radical (unpaired) electrons. The number of carbonyl (C=O) groups excluding carboxylic acids is 2. The minimum absolute atomic E-state index is 0.0668. The quantitative estimate of drug-likeness (QED) is 0.838. The van der Waals surface area contributed by atoms with E-state index in [1.165, 1.54) is 0 Å². The molecule has 2 heterocycles. The van der Waals surface area contributed by atoms with Gasteiger partial charge in [-0.25, -0.2) is 0 Å². The van der Waals surface area contributed by atoms with Gasteiger partial charge in [0.05, 0.1) is 0 Å². The van der Waals surface area contributed by atoms with Crippen molar-refractivity contribution in [3.05, 3.63) is 29.6 Å². The third-order valence-corrected chi connectivity index (χ3v) is 3.12. The van der Waals surface area contributed by atoms with E-state index in [-0.39, 0.29) is 17.9 Å². The molecule has 1 aliphatic rings. The van der Waals surface area contributed by atoms with Crippen LogP contribution in [0.2, 0.25) is 0 Å². The summed E-state index contributed by atoms with van der Waals surface area (Å²) in [7, 11) is 0. The molecule has 0 spiro atoms. The SMILES string of the molecule is CCC1C(=O)NCCN1C(=O)c1ccnc(C)c1. The Balaban J connectivity index is 2.24. The highest BCUT2D eigenvalue weighted by Gasteiger charge is 2.31. The van der Waals surface area contributed by atoms with E-state index in [1.807, 2.05) is 13.8 Å². The molecule has 1 aromatic rings. The van der Waals surface area contributed by atoms with Crippen LogP contribution in [0.1, 0.15) is 29.4 Å². The summed E-state index contributed by atoms with van der Waals surface area (Å²) in [4.78, 5) is 29.8. The van der Waals surface area contributed by atoms with Crippen LogP contribution in [0.5, 0.6) is 0 Å². The van der Waals surface area contributed by atoms with Crippen LogP contribution in [0.3, 0.4) is 0 Å². The van der Waals surface area contributed by atoms with Crippen molar-refractivity contribution < 1.29 is 9.59 Å². The highest BCUT2D eigenvalue weighted by atomic mass is 16.2. The normalized spacial score (nSPS) is 19.6. The van der Waals surface area contributed by atoms with Gasteiger partial charge in [0.25, 0.3) is 5.91 Å². The maximum Gasteiger partial charge on any atom is 0.254 e. The topological polar surface area (TPSA) is 62.3 Å². The molecule has 1 saturated heterocycles. The van der Waals surface area contributed by atoms with Crippen molar-refractivity contribution in [2.45, 2.75) is 26.3 Å². The first-order valence-electron chi connectivity index (χ1n) is 6.15. The third kappa shape index (κ3) is 2.34. The summed E-state index contributed by atoms with van der Waals surface area (Å²) in [5.74, 6) is -0.162. The van der Waals surface area contributed by atoms with Gasteiger partial charge in [0.1, 0.15) is 6.04 Å². The van der Waals surface area contributed by atoms with Crippen LogP contribution in [0.15, 0.2) is 18.3 Å². The zero-order chi connectivity index (χ0) is 13.1. The number of aryl methyl sites for hydroxylation is 1. The average molecular weight is 247 g/mol. The van der Waals surface area contributed by atoms with E-state index in [2.05, 4.69) is 10.3 Å². The van der Waals surface area contributed by atoms with Crippen LogP contribution in [0, 0.1) is 6.92 Å². The largest absolute Gasteiger partial charge is 0.353 e. The van der Waals surface area contributed by atoms with Crippen LogP contribution in [-0.2, 0) is 4.79 Å². The van der Waals surface area contributed by atoms with Gasteiger partial charge in [-0.1, -0.05) is 6.92 Å². The lowest BCUT2D eigenvalue weighted by atomic mass is 10.1. The first-order chi connectivity index (χ1) is 8.63. The van der Waals surface area contributed by atoms with E-state index < -0.39 is 0 Å². The number of hydrogen-bond donors (Lipinski definition) is 1. The maximum atomic E-state index is 12.4. The van der Waals surface area contributed by atoms with Crippen LogP contribution in [0.4, 0.5) is 0 Å². The number of piperazine rings is 1. The van der Waals surface area contributed by atoms with Gasteiger partial charge in [-0.05, 0) is 25.5 Å². The average Bonchev–Trinajstić information content (AvgIpc) is 2.37. The van der Waals surface area contributed by atoms with Gasteiger partial charge in [-0.15, -0.1) is 0 Å². The summed E-state index contributed by atoms with van der Waals surface area (Å²) in [6, 6.07) is 3.08. The molecule has 2 amide bonds. The van der Waals surface area contributed by atoms with E-state index >= 15 is 0 Å². The molecule has 0 bridgehead atoms. The number of pyridine rings is 1. The second-order valence-corrected chi connectivity index (χ2v) is 4.40. The van der Waals surface area contributed by atoms with Crippen molar-refractivity contribution in [3.8, 4) is 0 Å². The van der Waals surface area contributed by atoms with E-state index in [0.717, 1.165) is 5.69 Å². The van der Waals surface area contributed by atoms with Gasteiger partial charge in [0, 0.05) is 30.5 Å². The number of rotatable bonds is 2. The standard InChI is InChI=1S/C13H17N3O2/c1-3-11-12(17)15-6-7-16(11)13(18)10-4-5-14-9(2)8-10/h4-5,8,11H,3,6-7H2,1-2H3,(H,15,17). The predicted octanol–water partition coefficient (Wildman–Crippen LogP) is 0.741. The second-order valence-electron chi connectivity index (χ2n) is 4.40. The van der Waals surface area contributed by atoms with Gasteiger partial charge in [0.2, 0.25) is 5.91 Å². The van der Waals surface area contributed by atoms with Crippen LogP contribution in [0.25, 0.3) is 0 Å². The van der Waals surface area contributed by atoms with E-state index in [9.17, 15) is 9.59 Å². The fraction of sp³-hybridized carbons (Fsp3) is 0.462. The zero-order valence-corrected chi connectivity index (χ0v) is 10.6. The van der Waals surface area contributed by atoms with Crippen LogP contribution in [-0.4, -0.2) is 40.8 Å². The molecular weight excluding hydrogens is 230 g/mol. The first kappa shape index (κ1) is 12.5. The van der Waals surface area contributed by atoms with Crippen LogP contribution >= 0.6 is 0 Å². The van der Waals surface area contributed by atoms with Crippen LogP contribution < -0.4 is 5.32 Å². The molecule has 1 unspecified atom stereocenters. The molecule has 1 aromatic heterocycles. The van der Waals surface area contributed by atoms with Crippen molar-refractivity contribution in [2.75, 3.05) is 13.1 Å². The fourth-order valence-corrected chi connectivity index (χ4v) is 2.21. The number of aromatic nitrogens is 1. The highest BCUT2D eigenvalue weighted by molar-refractivity contribution is 5.98. The minimum atomic E-state index is -0.361. The van der Waals surface area contributed by atoms with Gasteiger partial charge in [0.15, 0.2) is 0 Å². The molecule has 0 saturated carbocycles. The number of hydrogen-bond acceptors (Lipinski definition) is 3. The molecule has 5 heteroatoms. The number of amides is 2. The Kier molecular flexibility index (Phi) is 3.60. The van der Waals surface area contributed by atoms with Crippen molar-refractivity contribution in [1.29, 1.82) is 0 Å². The Morgan fingerprint density at radius 2 is 2.39 bits per heavy atom. The molecule has 5 nitrogen and oxygen atoms in total. The monoisotopic (exact) mass is 247 g/mol. The summed E-state index contributed by atoms with van der Waals surface area (Å²) in [6.45, 7) is 4.83. The highest BCUT2D eigenvalue weighted by Crippen LogP contribution is 2.13. The van der Waals surface area contributed by atoms with Crippen molar-refractivity contribution in [2.24, 2.45) is 0 Å². The van der Waals surface area contributed by atoms with Gasteiger partial charge in [-0.2, -0.15) is 0 Å². The van der Waals surface area contributed by atoms with Gasteiger partial charge in [-0.3, -0.25) is 14.6 Å². The summed E-state index contributed by atoms with van der Waals surface area (Å²) in [6.07, 6.45) is 2.25.